The molecule has 0 aliphatic carbocycles. The van der Waals surface area contributed by atoms with Crippen molar-refractivity contribution in [2.45, 2.75) is 20.8 Å². The molecule has 2 aromatic rings. The molecule has 2 nitrogen and oxygen atoms in total. The first-order valence-electron chi connectivity index (χ1n) is 6.79. The molecule has 2 aromatic carbocycles. The smallest absolute Gasteiger partial charge is 0.118 e. The van der Waals surface area contributed by atoms with Crippen LogP contribution in [0.4, 0.5) is 5.69 Å². The monoisotopic (exact) mass is 271 g/mol. The number of methoxy groups -OCH3 is 1. The van der Waals surface area contributed by atoms with Gasteiger partial charge in [-0.25, -0.2) is 0 Å². The molecule has 0 N–H and O–H groups in total. The van der Waals surface area contributed by atoms with Crippen molar-refractivity contribution in [3.05, 3.63) is 59.2 Å². The topological polar surface area (TPSA) is 12.5 Å². The summed E-state index contributed by atoms with van der Waals surface area (Å²) >= 11 is 0. The molecule has 0 bridgehead atoms. The molecule has 0 aliphatic rings. The van der Waals surface area contributed by atoms with E-state index >= 15 is 0 Å². The molecule has 20 heavy (non-hydrogen) atoms. The van der Waals surface area contributed by atoms with Gasteiger partial charge in [-0.15, -0.1) is 0 Å². The Hall–Kier alpha value is -1.96. The number of anilines is 1. The largest absolute Gasteiger partial charge is 0.497 e. The molecule has 0 unspecified atom stereocenters. The fourth-order valence-electron chi connectivity index (χ4n) is 1.68. The third-order valence-corrected chi connectivity index (χ3v) is 3.26. The number of rotatable bonds is 2. The molecule has 2 heteroatoms. The normalized spacial score (nSPS) is 9.50. The average molecular weight is 271 g/mol. The van der Waals surface area contributed by atoms with Crippen LogP contribution < -0.4 is 9.64 Å². The Balaban J connectivity index is 0.000000204. The van der Waals surface area contributed by atoms with Gasteiger partial charge in [0.15, 0.2) is 0 Å². The van der Waals surface area contributed by atoms with E-state index in [0.717, 1.165) is 5.75 Å². The SMILES string of the molecule is COc1ccc(C)cc1.Cc1ccc(N(C)C)cc1C. The molecule has 0 aromatic heterocycles. The van der Waals surface area contributed by atoms with Crippen LogP contribution in [-0.4, -0.2) is 21.2 Å². The predicted octanol–water partition coefficient (Wildman–Crippen LogP) is 4.37. The van der Waals surface area contributed by atoms with E-state index in [9.17, 15) is 0 Å². The van der Waals surface area contributed by atoms with Crippen molar-refractivity contribution in [1.29, 1.82) is 0 Å². The second-order valence-electron chi connectivity index (χ2n) is 5.18. The summed E-state index contributed by atoms with van der Waals surface area (Å²) < 4.78 is 4.97. The van der Waals surface area contributed by atoms with Gasteiger partial charge in [0.1, 0.15) is 5.75 Å². The van der Waals surface area contributed by atoms with Gasteiger partial charge < -0.3 is 9.64 Å². The fraction of sp³-hybridized carbons (Fsp3) is 0.333. The summed E-state index contributed by atoms with van der Waals surface area (Å²) in [5.41, 5.74) is 5.25. The second-order valence-corrected chi connectivity index (χ2v) is 5.18. The van der Waals surface area contributed by atoms with Gasteiger partial charge in [-0.2, -0.15) is 0 Å². The van der Waals surface area contributed by atoms with Gasteiger partial charge in [0.05, 0.1) is 7.11 Å². The fourth-order valence-corrected chi connectivity index (χ4v) is 1.68. The van der Waals surface area contributed by atoms with Gasteiger partial charge in [0.25, 0.3) is 0 Å². The number of hydrogen-bond donors (Lipinski definition) is 0. The highest BCUT2D eigenvalue weighted by Crippen LogP contribution is 2.15. The Labute approximate surface area is 123 Å². The van der Waals surface area contributed by atoms with Crippen LogP contribution in [0.15, 0.2) is 42.5 Å². The van der Waals surface area contributed by atoms with Crippen LogP contribution in [0, 0.1) is 20.8 Å². The van der Waals surface area contributed by atoms with E-state index in [1.54, 1.807) is 7.11 Å². The van der Waals surface area contributed by atoms with Crippen molar-refractivity contribution in [2.75, 3.05) is 26.1 Å². The van der Waals surface area contributed by atoms with Crippen LogP contribution in [0.1, 0.15) is 16.7 Å². The summed E-state index contributed by atoms with van der Waals surface area (Å²) in [5.74, 6) is 0.917. The van der Waals surface area contributed by atoms with E-state index in [2.05, 4.69) is 58.0 Å². The first kappa shape index (κ1) is 16.1. The van der Waals surface area contributed by atoms with E-state index in [1.807, 2.05) is 24.3 Å². The number of benzene rings is 2. The van der Waals surface area contributed by atoms with Crippen LogP contribution >= 0.6 is 0 Å². The highest BCUT2D eigenvalue weighted by molar-refractivity contribution is 5.49. The van der Waals surface area contributed by atoms with Crippen LogP contribution in [0.3, 0.4) is 0 Å². The van der Waals surface area contributed by atoms with Crippen LogP contribution in [-0.2, 0) is 0 Å². The van der Waals surface area contributed by atoms with Gasteiger partial charge in [-0.3, -0.25) is 0 Å². The maximum atomic E-state index is 4.97. The molecule has 0 atom stereocenters. The lowest BCUT2D eigenvalue weighted by Crippen LogP contribution is -2.08. The lowest BCUT2D eigenvalue weighted by atomic mass is 10.1. The number of hydrogen-bond acceptors (Lipinski definition) is 2. The number of ether oxygens (including phenoxy) is 1. The first-order valence-corrected chi connectivity index (χ1v) is 6.79. The molecule has 0 spiro atoms. The maximum absolute atomic E-state index is 4.97. The third kappa shape index (κ3) is 4.96. The van der Waals surface area contributed by atoms with Gasteiger partial charge >= 0.3 is 0 Å². The molecule has 0 saturated carbocycles. The van der Waals surface area contributed by atoms with Gasteiger partial charge in [0, 0.05) is 19.8 Å². The Morgan fingerprint density at radius 2 is 1.40 bits per heavy atom. The Kier molecular flexibility index (Phi) is 6.10. The minimum atomic E-state index is 0.917. The molecule has 0 aliphatic heterocycles. The van der Waals surface area contributed by atoms with Crippen LogP contribution in [0.5, 0.6) is 5.75 Å². The summed E-state index contributed by atoms with van der Waals surface area (Å²) in [6.07, 6.45) is 0. The van der Waals surface area contributed by atoms with Gasteiger partial charge in [-0.1, -0.05) is 23.8 Å². The zero-order valence-electron chi connectivity index (χ0n) is 13.4. The van der Waals surface area contributed by atoms with Crippen molar-refractivity contribution < 1.29 is 4.74 Å². The summed E-state index contributed by atoms with van der Waals surface area (Å²) in [5, 5.41) is 0. The molecular weight excluding hydrogens is 246 g/mol. The summed E-state index contributed by atoms with van der Waals surface area (Å²) in [4.78, 5) is 2.12. The average Bonchev–Trinajstić information content (AvgIpc) is 2.43. The second kappa shape index (κ2) is 7.59. The Bertz CT molecular complexity index is 530. The van der Waals surface area contributed by atoms with E-state index in [1.165, 1.54) is 22.4 Å². The van der Waals surface area contributed by atoms with E-state index in [-0.39, 0.29) is 0 Å². The molecule has 0 saturated heterocycles. The van der Waals surface area contributed by atoms with Crippen molar-refractivity contribution in [1.82, 2.24) is 0 Å². The highest BCUT2D eigenvalue weighted by Gasteiger charge is 1.96. The van der Waals surface area contributed by atoms with Gasteiger partial charge in [0.2, 0.25) is 0 Å². The molecule has 2 rings (SSSR count). The Morgan fingerprint density at radius 3 is 1.85 bits per heavy atom. The minimum Gasteiger partial charge on any atom is -0.497 e. The van der Waals surface area contributed by atoms with E-state index < -0.39 is 0 Å². The Morgan fingerprint density at radius 1 is 0.800 bits per heavy atom. The number of nitrogens with zero attached hydrogens (tertiary/aromatic N) is 1. The standard InChI is InChI=1S/C10H15N.C8H10O/c1-8-5-6-10(11(3)4)7-9(8)2;1-7-3-5-8(9-2)6-4-7/h5-7H,1-4H3;3-6H,1-2H3. The third-order valence-electron chi connectivity index (χ3n) is 3.26. The molecule has 0 fully saturated rings. The van der Waals surface area contributed by atoms with Crippen molar-refractivity contribution in [3.8, 4) is 5.75 Å². The summed E-state index contributed by atoms with van der Waals surface area (Å²) in [7, 11) is 5.79. The highest BCUT2D eigenvalue weighted by atomic mass is 16.5. The lowest BCUT2D eigenvalue weighted by Gasteiger charge is -2.13. The zero-order valence-corrected chi connectivity index (χ0v) is 13.4. The van der Waals surface area contributed by atoms with Crippen molar-refractivity contribution in [3.63, 3.8) is 0 Å². The molecular formula is C18H25NO. The van der Waals surface area contributed by atoms with E-state index in [0.29, 0.717) is 0 Å². The van der Waals surface area contributed by atoms with Crippen LogP contribution in [0.2, 0.25) is 0 Å². The quantitative estimate of drug-likeness (QED) is 0.804. The molecule has 108 valence electrons. The maximum Gasteiger partial charge on any atom is 0.118 e. The van der Waals surface area contributed by atoms with Crippen LogP contribution in [0.25, 0.3) is 0 Å². The van der Waals surface area contributed by atoms with Crippen molar-refractivity contribution >= 4 is 5.69 Å². The molecule has 0 heterocycles. The molecule has 0 radical (unpaired) electrons. The first-order chi connectivity index (χ1) is 9.43. The zero-order chi connectivity index (χ0) is 15.1. The minimum absolute atomic E-state index is 0.917. The molecule has 0 amide bonds. The number of aryl methyl sites for hydroxylation is 3. The summed E-state index contributed by atoms with van der Waals surface area (Å²) in [6, 6.07) is 14.5. The summed E-state index contributed by atoms with van der Waals surface area (Å²) in [6.45, 7) is 6.33. The van der Waals surface area contributed by atoms with Crippen molar-refractivity contribution in [2.24, 2.45) is 0 Å². The van der Waals surface area contributed by atoms with E-state index in [4.69, 9.17) is 4.74 Å². The lowest BCUT2D eigenvalue weighted by molar-refractivity contribution is 0.414. The van der Waals surface area contributed by atoms with Gasteiger partial charge in [-0.05, 0) is 56.2 Å². The predicted molar refractivity (Wildman–Crippen MR) is 88.0 cm³/mol.